The van der Waals surface area contributed by atoms with Crippen LogP contribution in [0.25, 0.3) is 0 Å². The van der Waals surface area contributed by atoms with Crippen LogP contribution < -0.4 is 0 Å². The Hall–Kier alpha value is -0.820. The molecule has 5 nitrogen and oxygen atoms in total. The molecule has 3 aliphatic heterocycles. The number of hydroxylamine groups is 2. The summed E-state index contributed by atoms with van der Waals surface area (Å²) in [6.07, 6.45) is -0.690. The van der Waals surface area contributed by atoms with Crippen molar-refractivity contribution in [2.75, 3.05) is 0 Å². The molecule has 0 N–H and O–H groups in total. The third kappa shape index (κ3) is 2.12. The highest BCUT2D eigenvalue weighted by atomic mass is 35.5. The molecule has 1 aromatic rings. The minimum absolute atomic E-state index is 0.124. The van der Waals surface area contributed by atoms with E-state index in [1.54, 1.807) is 0 Å². The van der Waals surface area contributed by atoms with Crippen molar-refractivity contribution >= 4 is 58.2 Å². The van der Waals surface area contributed by atoms with Crippen molar-refractivity contribution in [2.45, 2.75) is 35.0 Å². The van der Waals surface area contributed by atoms with Crippen LogP contribution in [0, 0.1) is 23.7 Å². The van der Waals surface area contributed by atoms with Gasteiger partial charge in [-0.2, -0.15) is 5.06 Å². The van der Waals surface area contributed by atoms with Gasteiger partial charge in [0.2, 0.25) is 0 Å². The van der Waals surface area contributed by atoms with Crippen LogP contribution in [0.1, 0.15) is 12.0 Å². The van der Waals surface area contributed by atoms with Gasteiger partial charge in [-0.3, -0.25) is 14.4 Å². The fourth-order valence-electron chi connectivity index (χ4n) is 6.11. The SMILES string of the molecule is O=C1[C@H]2[C@H]3O[C@H](C4[C@@H]3[C@@]3(Cl)CC4(Cl)C(Cl)=C3Cl)[C@H]2C(=O)N1OCc1ccccc1. The Morgan fingerprint density at radius 1 is 0.966 bits per heavy atom. The monoisotopic (exact) mass is 473 g/mol. The molecule has 4 fully saturated rings. The summed E-state index contributed by atoms with van der Waals surface area (Å²) in [4.78, 5) is 29.9. The molecule has 0 spiro atoms. The molecule has 2 unspecified atom stereocenters. The van der Waals surface area contributed by atoms with Crippen molar-refractivity contribution in [3.63, 3.8) is 0 Å². The van der Waals surface area contributed by atoms with E-state index in [2.05, 4.69) is 0 Å². The van der Waals surface area contributed by atoms with Gasteiger partial charge in [-0.15, -0.1) is 23.2 Å². The number of rotatable bonds is 3. The van der Waals surface area contributed by atoms with E-state index in [0.717, 1.165) is 10.6 Å². The van der Waals surface area contributed by atoms with Crippen molar-refractivity contribution in [3.05, 3.63) is 46.0 Å². The molecule has 9 heteroatoms. The third-order valence-corrected chi connectivity index (χ3v) is 9.66. The predicted octanol–water partition coefficient (Wildman–Crippen LogP) is 3.79. The van der Waals surface area contributed by atoms with Crippen LogP contribution in [0.5, 0.6) is 0 Å². The Kier molecular flexibility index (Phi) is 3.85. The van der Waals surface area contributed by atoms with E-state index in [1.165, 1.54) is 0 Å². The number of allylic oxidation sites excluding steroid dienone is 2. The molecular formula is C20H15Cl4NO4. The first kappa shape index (κ1) is 18.9. The first-order valence-corrected chi connectivity index (χ1v) is 10.9. The lowest BCUT2D eigenvalue weighted by atomic mass is 9.65. The van der Waals surface area contributed by atoms with E-state index in [4.69, 9.17) is 56.0 Å². The van der Waals surface area contributed by atoms with Crippen molar-refractivity contribution in [1.29, 1.82) is 0 Å². The highest BCUT2D eigenvalue weighted by molar-refractivity contribution is 6.51. The summed E-state index contributed by atoms with van der Waals surface area (Å²) in [7, 11) is 0. The van der Waals surface area contributed by atoms with Gasteiger partial charge in [-0.25, -0.2) is 0 Å². The maximum Gasteiger partial charge on any atom is 0.260 e. The van der Waals surface area contributed by atoms with Crippen LogP contribution in [-0.2, 0) is 25.8 Å². The molecule has 0 radical (unpaired) electrons. The Morgan fingerprint density at radius 3 is 2.00 bits per heavy atom. The fraction of sp³-hybridized carbons (Fsp3) is 0.500. The van der Waals surface area contributed by atoms with Crippen molar-refractivity contribution in [1.82, 2.24) is 5.06 Å². The molecule has 8 atom stereocenters. The number of hydrogen-bond donors (Lipinski definition) is 0. The minimum Gasteiger partial charge on any atom is -0.373 e. The normalized spacial score (nSPS) is 46.8. The van der Waals surface area contributed by atoms with Crippen LogP contribution in [-0.4, -0.2) is 38.8 Å². The second-order valence-corrected chi connectivity index (χ2v) is 10.5. The van der Waals surface area contributed by atoms with E-state index >= 15 is 0 Å². The Bertz CT molecular complexity index is 932. The first-order chi connectivity index (χ1) is 13.8. The zero-order valence-electron chi connectivity index (χ0n) is 14.9. The Morgan fingerprint density at radius 2 is 1.48 bits per heavy atom. The molecule has 4 bridgehead atoms. The van der Waals surface area contributed by atoms with Gasteiger partial charge >= 0.3 is 0 Å². The van der Waals surface area contributed by atoms with Crippen molar-refractivity contribution in [2.24, 2.45) is 23.7 Å². The van der Waals surface area contributed by atoms with Gasteiger partial charge in [0, 0.05) is 11.8 Å². The molecular weight excluding hydrogens is 460 g/mol. The van der Waals surface area contributed by atoms with Gasteiger partial charge < -0.3 is 4.74 Å². The van der Waals surface area contributed by atoms with Crippen LogP contribution >= 0.6 is 46.4 Å². The lowest BCUT2D eigenvalue weighted by molar-refractivity contribution is -0.196. The summed E-state index contributed by atoms with van der Waals surface area (Å²) >= 11 is 26.7. The molecule has 1 saturated carbocycles. The van der Waals surface area contributed by atoms with E-state index in [1.807, 2.05) is 30.3 Å². The number of carbonyl (C=O) groups is 2. The first-order valence-electron chi connectivity index (χ1n) is 9.43. The molecule has 29 heavy (non-hydrogen) atoms. The smallest absolute Gasteiger partial charge is 0.260 e. The molecule has 3 heterocycles. The molecule has 6 rings (SSSR count). The molecule has 2 amide bonds. The second kappa shape index (κ2) is 5.90. The highest BCUT2D eigenvalue weighted by Crippen LogP contribution is 2.75. The van der Waals surface area contributed by atoms with Crippen molar-refractivity contribution in [3.8, 4) is 0 Å². The van der Waals surface area contributed by atoms with Crippen LogP contribution in [0.4, 0.5) is 0 Å². The quantitative estimate of drug-likeness (QED) is 0.494. The topological polar surface area (TPSA) is 55.8 Å². The Labute approximate surface area is 186 Å². The standard InChI is InChI=1S/C20H15Cl4NO4/c21-15-16(22)20(24)7-19(15,23)11-12(20)14-10-9(13(11)29-14)17(26)25(18(10)27)28-6-8-4-2-1-3-5-8/h1-5,9-14H,6-7H2/t9-,10+,11+,12?,13-,14+,19+,20?/m1/s1. The summed E-state index contributed by atoms with van der Waals surface area (Å²) in [5.41, 5.74) is 0.862. The van der Waals surface area contributed by atoms with Gasteiger partial charge in [-0.1, -0.05) is 53.5 Å². The van der Waals surface area contributed by atoms with Gasteiger partial charge in [0.25, 0.3) is 11.8 Å². The van der Waals surface area contributed by atoms with E-state index in [9.17, 15) is 9.59 Å². The van der Waals surface area contributed by atoms with Crippen LogP contribution in [0.15, 0.2) is 40.4 Å². The minimum atomic E-state index is -0.961. The largest absolute Gasteiger partial charge is 0.373 e. The summed E-state index contributed by atoms with van der Waals surface area (Å²) < 4.78 is 6.13. The zero-order valence-corrected chi connectivity index (χ0v) is 17.9. The number of nitrogens with zero attached hydrogens (tertiary/aromatic N) is 1. The van der Waals surface area contributed by atoms with E-state index in [-0.39, 0.29) is 30.3 Å². The average Bonchev–Trinajstić information content (AvgIpc) is 3.43. The maximum absolute atomic E-state index is 13.1. The number of halogens is 4. The van der Waals surface area contributed by atoms with Gasteiger partial charge in [0.05, 0.1) is 43.9 Å². The number of carbonyl (C=O) groups excluding carboxylic acids is 2. The Balaban J connectivity index is 1.32. The number of amides is 2. The second-order valence-electron chi connectivity index (χ2n) is 8.43. The fourth-order valence-corrected chi connectivity index (χ4v) is 8.12. The number of imide groups is 1. The number of alkyl halides is 2. The number of fused-ring (bicyclic) bond motifs is 12. The van der Waals surface area contributed by atoms with E-state index < -0.39 is 33.8 Å². The average molecular weight is 475 g/mol. The lowest BCUT2D eigenvalue weighted by Gasteiger charge is -2.40. The number of hydrogen-bond acceptors (Lipinski definition) is 4. The predicted molar refractivity (Wildman–Crippen MR) is 106 cm³/mol. The van der Waals surface area contributed by atoms with Gasteiger partial charge in [0.15, 0.2) is 0 Å². The molecule has 3 saturated heterocycles. The highest BCUT2D eigenvalue weighted by Gasteiger charge is 2.82. The van der Waals surface area contributed by atoms with Crippen LogP contribution in [0.2, 0.25) is 0 Å². The number of benzene rings is 1. The molecule has 0 aromatic heterocycles. The van der Waals surface area contributed by atoms with Gasteiger partial charge in [0.1, 0.15) is 6.61 Å². The van der Waals surface area contributed by atoms with Crippen molar-refractivity contribution < 1.29 is 19.2 Å². The zero-order chi connectivity index (χ0) is 20.3. The molecule has 5 aliphatic rings. The summed E-state index contributed by atoms with van der Waals surface area (Å²) in [6, 6.07) is 9.35. The lowest BCUT2D eigenvalue weighted by Crippen LogP contribution is -2.50. The van der Waals surface area contributed by atoms with Crippen LogP contribution in [0.3, 0.4) is 0 Å². The maximum atomic E-state index is 13.1. The molecule has 1 aromatic carbocycles. The van der Waals surface area contributed by atoms with Gasteiger partial charge in [-0.05, 0) is 12.0 Å². The summed E-state index contributed by atoms with van der Waals surface area (Å²) in [6.45, 7) is 0.124. The van der Waals surface area contributed by atoms with E-state index in [0.29, 0.717) is 16.5 Å². The third-order valence-electron chi connectivity index (χ3n) is 7.17. The molecule has 2 aliphatic carbocycles. The molecule has 152 valence electrons. The summed E-state index contributed by atoms with van der Waals surface area (Å²) in [5, 5.41) is 1.56. The number of ether oxygens (including phenoxy) is 1. The summed E-state index contributed by atoms with van der Waals surface area (Å²) in [5.74, 6) is -2.59.